The number of aromatic nitrogens is 3. The number of aliphatic hydroxyl groups is 1. The number of ether oxygens (including phenoxy) is 1. The SMILES string of the molecule is CC(C)c1ccc(COc2ccc(-c3c(-c4ccncc4)nn4c3N(CCO)CCC4)cc2)cc1. The van der Waals surface area contributed by atoms with Crippen molar-refractivity contribution in [3.05, 3.63) is 84.2 Å². The lowest BCUT2D eigenvalue weighted by Gasteiger charge is -2.30. The second-order valence-electron chi connectivity index (χ2n) is 9.28. The third-order valence-electron chi connectivity index (χ3n) is 6.54. The molecule has 0 radical (unpaired) electrons. The van der Waals surface area contributed by atoms with Gasteiger partial charge in [0.25, 0.3) is 0 Å². The van der Waals surface area contributed by atoms with Crippen LogP contribution in [0, 0.1) is 0 Å². The molecular formula is C29H32N4O2. The fourth-order valence-electron chi connectivity index (χ4n) is 4.65. The molecule has 0 bridgehead atoms. The predicted octanol–water partition coefficient (Wildman–Crippen LogP) is 5.52. The van der Waals surface area contributed by atoms with Crippen molar-refractivity contribution in [2.24, 2.45) is 0 Å². The maximum atomic E-state index is 9.66. The molecule has 4 aromatic rings. The molecule has 0 fully saturated rings. The fraction of sp³-hybridized carbons (Fsp3) is 0.310. The molecule has 1 aliphatic heterocycles. The first-order chi connectivity index (χ1) is 17.1. The Bertz CT molecular complexity index is 1250. The van der Waals surface area contributed by atoms with Gasteiger partial charge in [-0.3, -0.25) is 4.98 Å². The first-order valence-electron chi connectivity index (χ1n) is 12.3. The first-order valence-corrected chi connectivity index (χ1v) is 12.3. The molecule has 5 rings (SSSR count). The molecule has 0 amide bonds. The Morgan fingerprint density at radius 1 is 0.914 bits per heavy atom. The summed E-state index contributed by atoms with van der Waals surface area (Å²) in [5, 5.41) is 14.6. The van der Waals surface area contributed by atoms with Gasteiger partial charge < -0.3 is 14.7 Å². The van der Waals surface area contributed by atoms with Crippen molar-refractivity contribution >= 4 is 5.82 Å². The van der Waals surface area contributed by atoms with E-state index in [2.05, 4.69) is 64.8 Å². The fourth-order valence-corrected chi connectivity index (χ4v) is 4.65. The number of rotatable bonds is 8. The monoisotopic (exact) mass is 468 g/mol. The maximum absolute atomic E-state index is 9.66. The number of anilines is 1. The summed E-state index contributed by atoms with van der Waals surface area (Å²) in [6, 6.07) is 20.9. The van der Waals surface area contributed by atoms with E-state index in [0.29, 0.717) is 19.1 Å². The molecule has 0 saturated heterocycles. The van der Waals surface area contributed by atoms with Crippen molar-refractivity contribution in [1.82, 2.24) is 14.8 Å². The Kier molecular flexibility index (Phi) is 6.82. The van der Waals surface area contributed by atoms with Crippen LogP contribution >= 0.6 is 0 Å². The van der Waals surface area contributed by atoms with Crippen molar-refractivity contribution in [1.29, 1.82) is 0 Å². The highest BCUT2D eigenvalue weighted by molar-refractivity contribution is 5.89. The van der Waals surface area contributed by atoms with Gasteiger partial charge in [-0.15, -0.1) is 0 Å². The summed E-state index contributed by atoms with van der Waals surface area (Å²) in [5.41, 5.74) is 6.63. The Balaban J connectivity index is 1.43. The number of benzene rings is 2. The van der Waals surface area contributed by atoms with Gasteiger partial charge in [0, 0.05) is 37.6 Å². The van der Waals surface area contributed by atoms with Crippen LogP contribution in [0.4, 0.5) is 5.82 Å². The number of nitrogens with zero attached hydrogens (tertiary/aromatic N) is 4. The van der Waals surface area contributed by atoms with Crippen LogP contribution in [0.15, 0.2) is 73.1 Å². The van der Waals surface area contributed by atoms with Gasteiger partial charge in [-0.2, -0.15) is 5.10 Å². The standard InChI is InChI=1S/C29H32N4O2/c1-21(2)23-6-4-22(5-7-23)20-35-26-10-8-24(9-11-26)27-28(25-12-14-30-15-13-25)31-33-17-3-16-32(18-19-34)29(27)33/h4-15,21,34H,3,16-20H2,1-2H3. The van der Waals surface area contributed by atoms with Gasteiger partial charge in [0.2, 0.25) is 0 Å². The van der Waals surface area contributed by atoms with E-state index in [-0.39, 0.29) is 6.61 Å². The minimum Gasteiger partial charge on any atom is -0.489 e. The van der Waals surface area contributed by atoms with Crippen LogP contribution < -0.4 is 9.64 Å². The summed E-state index contributed by atoms with van der Waals surface area (Å²) in [6.07, 6.45) is 4.61. The van der Waals surface area contributed by atoms with E-state index in [1.807, 2.05) is 24.3 Å². The zero-order valence-corrected chi connectivity index (χ0v) is 20.4. The molecule has 1 N–H and O–H groups in total. The van der Waals surface area contributed by atoms with Gasteiger partial charge in [0.1, 0.15) is 23.9 Å². The van der Waals surface area contributed by atoms with E-state index < -0.39 is 0 Å². The Hall–Kier alpha value is -3.64. The summed E-state index contributed by atoms with van der Waals surface area (Å²) < 4.78 is 8.16. The highest BCUT2D eigenvalue weighted by Crippen LogP contribution is 2.41. The van der Waals surface area contributed by atoms with E-state index in [4.69, 9.17) is 9.84 Å². The van der Waals surface area contributed by atoms with E-state index in [1.165, 1.54) is 5.56 Å². The maximum Gasteiger partial charge on any atom is 0.135 e. The number of β-amino-alcohol motifs (C(OH)–C–C–N with tert-alkyl or cyclic N) is 1. The van der Waals surface area contributed by atoms with Crippen LogP contribution in [-0.4, -0.2) is 39.6 Å². The highest BCUT2D eigenvalue weighted by atomic mass is 16.5. The number of aryl methyl sites for hydroxylation is 1. The number of pyridine rings is 1. The molecule has 0 unspecified atom stereocenters. The molecule has 6 heteroatoms. The second-order valence-corrected chi connectivity index (χ2v) is 9.28. The molecular weight excluding hydrogens is 436 g/mol. The van der Waals surface area contributed by atoms with Gasteiger partial charge >= 0.3 is 0 Å². The average molecular weight is 469 g/mol. The highest BCUT2D eigenvalue weighted by Gasteiger charge is 2.27. The third-order valence-corrected chi connectivity index (χ3v) is 6.54. The molecule has 6 nitrogen and oxygen atoms in total. The molecule has 2 aromatic carbocycles. The number of hydrogen-bond acceptors (Lipinski definition) is 5. The summed E-state index contributed by atoms with van der Waals surface area (Å²) in [6.45, 7) is 7.42. The Morgan fingerprint density at radius 3 is 2.34 bits per heavy atom. The molecule has 0 spiro atoms. The molecule has 3 heterocycles. The molecule has 2 aromatic heterocycles. The quantitative estimate of drug-likeness (QED) is 0.369. The largest absolute Gasteiger partial charge is 0.489 e. The zero-order chi connectivity index (χ0) is 24.2. The molecule has 35 heavy (non-hydrogen) atoms. The average Bonchev–Trinajstić information content (AvgIpc) is 3.29. The summed E-state index contributed by atoms with van der Waals surface area (Å²) in [7, 11) is 0. The number of fused-ring (bicyclic) bond motifs is 1. The minimum absolute atomic E-state index is 0.111. The molecule has 180 valence electrons. The van der Waals surface area contributed by atoms with E-state index in [9.17, 15) is 5.11 Å². The first kappa shape index (κ1) is 23.1. The van der Waals surface area contributed by atoms with Gasteiger partial charge in [0.15, 0.2) is 0 Å². The van der Waals surface area contributed by atoms with E-state index >= 15 is 0 Å². The summed E-state index contributed by atoms with van der Waals surface area (Å²) >= 11 is 0. The molecule has 0 atom stereocenters. The smallest absolute Gasteiger partial charge is 0.135 e. The van der Waals surface area contributed by atoms with Gasteiger partial charge in [0.05, 0.1) is 12.2 Å². The van der Waals surface area contributed by atoms with Crippen molar-refractivity contribution in [2.75, 3.05) is 24.6 Å². The second kappa shape index (κ2) is 10.3. The topological polar surface area (TPSA) is 63.4 Å². The van der Waals surface area contributed by atoms with Crippen molar-refractivity contribution in [2.45, 2.75) is 39.3 Å². The normalized spacial score (nSPS) is 13.2. The van der Waals surface area contributed by atoms with Crippen LogP contribution in [0.1, 0.15) is 37.3 Å². The molecule has 0 aliphatic carbocycles. The Labute approximate surface area is 206 Å². The zero-order valence-electron chi connectivity index (χ0n) is 20.4. The lowest BCUT2D eigenvalue weighted by Crippen LogP contribution is -2.34. The number of aliphatic hydroxyl groups excluding tert-OH is 1. The predicted molar refractivity (Wildman–Crippen MR) is 140 cm³/mol. The lowest BCUT2D eigenvalue weighted by molar-refractivity contribution is 0.298. The van der Waals surface area contributed by atoms with E-state index in [1.54, 1.807) is 12.4 Å². The molecule has 1 aliphatic rings. The Morgan fingerprint density at radius 2 is 1.66 bits per heavy atom. The molecule has 0 saturated carbocycles. The van der Waals surface area contributed by atoms with Crippen LogP contribution in [0.3, 0.4) is 0 Å². The van der Waals surface area contributed by atoms with Crippen molar-refractivity contribution < 1.29 is 9.84 Å². The van der Waals surface area contributed by atoms with Gasteiger partial charge in [-0.25, -0.2) is 4.68 Å². The number of hydrogen-bond donors (Lipinski definition) is 1. The third kappa shape index (κ3) is 4.93. The van der Waals surface area contributed by atoms with Crippen LogP contribution in [0.5, 0.6) is 5.75 Å². The van der Waals surface area contributed by atoms with Crippen molar-refractivity contribution in [3.8, 4) is 28.1 Å². The minimum atomic E-state index is 0.111. The van der Waals surface area contributed by atoms with E-state index in [0.717, 1.165) is 59.0 Å². The lowest BCUT2D eigenvalue weighted by atomic mass is 10.0. The van der Waals surface area contributed by atoms with Gasteiger partial charge in [-0.05, 0) is 53.3 Å². The van der Waals surface area contributed by atoms with Crippen LogP contribution in [0.25, 0.3) is 22.4 Å². The van der Waals surface area contributed by atoms with Crippen LogP contribution in [-0.2, 0) is 13.2 Å². The summed E-state index contributed by atoms with van der Waals surface area (Å²) in [5.74, 6) is 2.42. The van der Waals surface area contributed by atoms with Crippen LogP contribution in [0.2, 0.25) is 0 Å². The van der Waals surface area contributed by atoms with Gasteiger partial charge in [-0.1, -0.05) is 50.2 Å². The summed E-state index contributed by atoms with van der Waals surface area (Å²) in [4.78, 5) is 6.41. The van der Waals surface area contributed by atoms with Crippen molar-refractivity contribution in [3.63, 3.8) is 0 Å².